The normalized spacial score (nSPS) is 11.0. The van der Waals surface area contributed by atoms with Crippen LogP contribution in [0.1, 0.15) is 29.6 Å². The SMILES string of the molecule is CCc1c(C)nc(-n2nc(C)cc2C)n(CC(=O)Nc2ccc(Cl)c(Cl)c2)c1=O. The smallest absolute Gasteiger partial charge is 0.258 e. The summed E-state index contributed by atoms with van der Waals surface area (Å²) >= 11 is 11.9. The standard InChI is InChI=1S/C20H21Cl2N5O2/c1-5-15-13(4)23-20(27-12(3)8-11(2)25-27)26(19(15)29)10-18(28)24-14-6-7-16(21)17(22)9-14/h6-9H,5,10H2,1-4H3,(H,24,28). The quantitative estimate of drug-likeness (QED) is 0.661. The molecule has 0 spiro atoms. The van der Waals surface area contributed by atoms with Gasteiger partial charge in [0.05, 0.1) is 21.4 Å². The first-order valence-corrected chi connectivity index (χ1v) is 9.85. The largest absolute Gasteiger partial charge is 0.324 e. The molecule has 1 N–H and O–H groups in total. The highest BCUT2D eigenvalue weighted by Crippen LogP contribution is 2.25. The maximum atomic E-state index is 13.1. The first-order valence-electron chi connectivity index (χ1n) is 9.10. The summed E-state index contributed by atoms with van der Waals surface area (Å²) in [5.41, 5.74) is 3.03. The first kappa shape index (κ1) is 21.1. The van der Waals surface area contributed by atoms with Crippen LogP contribution < -0.4 is 10.9 Å². The number of nitrogens with one attached hydrogen (secondary N) is 1. The van der Waals surface area contributed by atoms with Gasteiger partial charge in [-0.25, -0.2) is 9.67 Å². The van der Waals surface area contributed by atoms with Crippen LogP contribution in [-0.2, 0) is 17.8 Å². The third-order valence-corrected chi connectivity index (χ3v) is 5.25. The van der Waals surface area contributed by atoms with Crippen LogP contribution in [0.5, 0.6) is 0 Å². The van der Waals surface area contributed by atoms with E-state index in [2.05, 4.69) is 15.4 Å². The van der Waals surface area contributed by atoms with Crippen LogP contribution in [-0.4, -0.2) is 25.2 Å². The highest BCUT2D eigenvalue weighted by atomic mass is 35.5. The molecule has 0 radical (unpaired) electrons. The van der Waals surface area contributed by atoms with Crippen molar-refractivity contribution >= 4 is 34.8 Å². The number of carbonyl (C=O) groups excluding carboxylic acids is 1. The van der Waals surface area contributed by atoms with Crippen LogP contribution in [0.2, 0.25) is 10.0 Å². The maximum Gasteiger partial charge on any atom is 0.258 e. The summed E-state index contributed by atoms with van der Waals surface area (Å²) in [5.74, 6) is -0.0828. The van der Waals surface area contributed by atoms with Gasteiger partial charge in [0.1, 0.15) is 6.54 Å². The Morgan fingerprint density at radius 3 is 2.45 bits per heavy atom. The number of anilines is 1. The summed E-state index contributed by atoms with van der Waals surface area (Å²) in [4.78, 5) is 30.3. The van der Waals surface area contributed by atoms with Gasteiger partial charge in [-0.05, 0) is 51.5 Å². The molecule has 152 valence electrons. The van der Waals surface area contributed by atoms with Gasteiger partial charge in [-0.3, -0.25) is 14.2 Å². The summed E-state index contributed by atoms with van der Waals surface area (Å²) in [6, 6.07) is 6.67. The van der Waals surface area contributed by atoms with Crippen molar-refractivity contribution in [2.24, 2.45) is 0 Å². The average molecular weight is 434 g/mol. The summed E-state index contributed by atoms with van der Waals surface area (Å²) in [7, 11) is 0. The van der Waals surface area contributed by atoms with E-state index in [-0.39, 0.29) is 18.0 Å². The zero-order valence-corrected chi connectivity index (χ0v) is 18.1. The van der Waals surface area contributed by atoms with Gasteiger partial charge in [0.25, 0.3) is 5.56 Å². The van der Waals surface area contributed by atoms with Crippen molar-refractivity contribution < 1.29 is 4.79 Å². The Morgan fingerprint density at radius 1 is 1.14 bits per heavy atom. The van der Waals surface area contributed by atoms with Crippen molar-refractivity contribution in [3.63, 3.8) is 0 Å². The van der Waals surface area contributed by atoms with E-state index in [1.54, 1.807) is 29.8 Å². The molecule has 1 amide bonds. The average Bonchev–Trinajstić information content (AvgIpc) is 2.99. The molecule has 7 nitrogen and oxygen atoms in total. The minimum absolute atomic E-state index is 0.215. The second-order valence-corrected chi connectivity index (χ2v) is 7.55. The molecule has 2 aromatic heterocycles. The second-order valence-electron chi connectivity index (χ2n) is 6.74. The van der Waals surface area contributed by atoms with E-state index >= 15 is 0 Å². The van der Waals surface area contributed by atoms with E-state index in [1.807, 2.05) is 26.8 Å². The predicted molar refractivity (Wildman–Crippen MR) is 114 cm³/mol. The molecule has 0 aliphatic heterocycles. The van der Waals surface area contributed by atoms with Gasteiger partial charge >= 0.3 is 0 Å². The Hall–Kier alpha value is -2.64. The lowest BCUT2D eigenvalue weighted by atomic mass is 10.2. The summed E-state index contributed by atoms with van der Waals surface area (Å²) in [6.07, 6.45) is 0.517. The lowest BCUT2D eigenvalue weighted by Crippen LogP contribution is -2.34. The topological polar surface area (TPSA) is 81.8 Å². The van der Waals surface area contributed by atoms with E-state index in [0.29, 0.717) is 39.4 Å². The molecule has 0 unspecified atom stereocenters. The number of aromatic nitrogens is 4. The molecular formula is C20H21Cl2N5O2. The van der Waals surface area contributed by atoms with Crippen LogP contribution in [0.4, 0.5) is 5.69 Å². The number of hydrogen-bond acceptors (Lipinski definition) is 4. The fraction of sp³-hybridized carbons (Fsp3) is 0.300. The van der Waals surface area contributed by atoms with Crippen molar-refractivity contribution in [3.05, 3.63) is 67.3 Å². The zero-order valence-electron chi connectivity index (χ0n) is 16.6. The van der Waals surface area contributed by atoms with Gasteiger partial charge in [0.2, 0.25) is 11.9 Å². The zero-order chi connectivity index (χ0) is 21.3. The Morgan fingerprint density at radius 2 is 1.86 bits per heavy atom. The minimum atomic E-state index is -0.388. The van der Waals surface area contributed by atoms with Gasteiger partial charge in [-0.2, -0.15) is 5.10 Å². The van der Waals surface area contributed by atoms with Crippen molar-refractivity contribution in [1.82, 2.24) is 19.3 Å². The molecule has 3 aromatic rings. The molecule has 29 heavy (non-hydrogen) atoms. The van der Waals surface area contributed by atoms with E-state index in [4.69, 9.17) is 23.2 Å². The molecule has 0 aliphatic rings. The van der Waals surface area contributed by atoms with Gasteiger partial charge in [-0.15, -0.1) is 0 Å². The molecule has 2 heterocycles. The van der Waals surface area contributed by atoms with Gasteiger partial charge in [0.15, 0.2) is 0 Å². The summed E-state index contributed by atoms with van der Waals surface area (Å²) in [5, 5.41) is 7.88. The molecule has 0 bridgehead atoms. The summed E-state index contributed by atoms with van der Waals surface area (Å²) < 4.78 is 2.92. The highest BCUT2D eigenvalue weighted by Gasteiger charge is 2.19. The monoisotopic (exact) mass is 433 g/mol. The van der Waals surface area contributed by atoms with Crippen molar-refractivity contribution in [3.8, 4) is 5.95 Å². The third kappa shape index (κ3) is 4.36. The lowest BCUT2D eigenvalue weighted by molar-refractivity contribution is -0.116. The molecule has 0 saturated heterocycles. The molecule has 1 aromatic carbocycles. The Labute approximate surface area is 178 Å². The minimum Gasteiger partial charge on any atom is -0.324 e. The number of halogens is 2. The number of carbonyl (C=O) groups is 1. The number of nitrogens with zero attached hydrogens (tertiary/aromatic N) is 4. The molecular weight excluding hydrogens is 413 g/mol. The summed E-state index contributed by atoms with van der Waals surface area (Å²) in [6.45, 7) is 7.18. The number of benzene rings is 1. The number of rotatable bonds is 5. The van der Waals surface area contributed by atoms with Crippen LogP contribution >= 0.6 is 23.2 Å². The van der Waals surface area contributed by atoms with E-state index in [0.717, 1.165) is 11.4 Å². The molecule has 0 aliphatic carbocycles. The molecule has 9 heteroatoms. The van der Waals surface area contributed by atoms with Crippen LogP contribution in [0, 0.1) is 20.8 Å². The number of aryl methyl sites for hydroxylation is 3. The highest BCUT2D eigenvalue weighted by molar-refractivity contribution is 6.42. The maximum absolute atomic E-state index is 13.1. The lowest BCUT2D eigenvalue weighted by Gasteiger charge is -2.16. The van der Waals surface area contributed by atoms with E-state index in [1.165, 1.54) is 4.57 Å². The van der Waals surface area contributed by atoms with Crippen LogP contribution in [0.15, 0.2) is 29.1 Å². The van der Waals surface area contributed by atoms with Crippen LogP contribution in [0.3, 0.4) is 0 Å². The predicted octanol–water partition coefficient (Wildman–Crippen LogP) is 3.86. The number of amides is 1. The molecule has 0 fully saturated rings. The van der Waals surface area contributed by atoms with Crippen LogP contribution in [0.25, 0.3) is 5.95 Å². The Balaban J connectivity index is 2.02. The Bertz CT molecular complexity index is 1150. The first-order chi connectivity index (χ1) is 13.7. The van der Waals surface area contributed by atoms with Crippen molar-refractivity contribution in [2.75, 3.05) is 5.32 Å². The van der Waals surface area contributed by atoms with Gasteiger partial charge in [-0.1, -0.05) is 30.1 Å². The fourth-order valence-corrected chi connectivity index (χ4v) is 3.45. The fourth-order valence-electron chi connectivity index (χ4n) is 3.15. The molecule has 0 atom stereocenters. The third-order valence-electron chi connectivity index (χ3n) is 4.51. The molecule has 3 rings (SSSR count). The molecule has 0 saturated carbocycles. The van der Waals surface area contributed by atoms with Gasteiger partial charge < -0.3 is 5.32 Å². The Kier molecular flexibility index (Phi) is 6.10. The van der Waals surface area contributed by atoms with E-state index < -0.39 is 0 Å². The van der Waals surface area contributed by atoms with E-state index in [9.17, 15) is 9.59 Å². The second kappa shape index (κ2) is 8.39. The van der Waals surface area contributed by atoms with Crippen molar-refractivity contribution in [2.45, 2.75) is 40.7 Å². The van der Waals surface area contributed by atoms with Crippen molar-refractivity contribution in [1.29, 1.82) is 0 Å². The van der Waals surface area contributed by atoms with Gasteiger partial charge in [0, 0.05) is 16.9 Å². The number of hydrogen-bond donors (Lipinski definition) is 1.